The zero-order valence-electron chi connectivity index (χ0n) is 6.93. The lowest BCUT2D eigenvalue weighted by atomic mass is 10.2. The molecule has 2 fully saturated rings. The summed E-state index contributed by atoms with van der Waals surface area (Å²) >= 11 is 0. The van der Waals surface area contributed by atoms with Gasteiger partial charge < -0.3 is 4.90 Å². The molecule has 1 unspecified atom stereocenters. The Bertz CT molecular complexity index is 134. The Balaban J connectivity index is 1.82. The number of alkyl halides is 1. The minimum atomic E-state index is -0.515. The molecule has 0 bridgehead atoms. The van der Waals surface area contributed by atoms with Crippen molar-refractivity contribution in [1.29, 1.82) is 0 Å². The van der Waals surface area contributed by atoms with E-state index in [0.717, 1.165) is 38.4 Å². The van der Waals surface area contributed by atoms with Crippen LogP contribution in [0.25, 0.3) is 0 Å². The molecule has 1 heterocycles. The van der Waals surface area contributed by atoms with E-state index in [-0.39, 0.29) is 0 Å². The van der Waals surface area contributed by atoms with Crippen molar-refractivity contribution in [3.05, 3.63) is 0 Å². The summed E-state index contributed by atoms with van der Waals surface area (Å²) in [5.41, 5.74) is 0. The molecular formula is C9H16FN. The van der Waals surface area contributed by atoms with E-state index < -0.39 is 6.17 Å². The standard InChI is InChI=1S/C9H16FN/c10-8-2-1-6-11(7-5-8)9-3-4-9/h8-9H,1-7H2. The van der Waals surface area contributed by atoms with Gasteiger partial charge in [-0.2, -0.15) is 0 Å². The first-order valence-electron chi connectivity index (χ1n) is 4.74. The molecule has 1 aliphatic carbocycles. The first kappa shape index (κ1) is 7.53. The van der Waals surface area contributed by atoms with Crippen LogP contribution in [0.1, 0.15) is 32.1 Å². The fourth-order valence-corrected chi connectivity index (χ4v) is 1.88. The van der Waals surface area contributed by atoms with Gasteiger partial charge in [0.1, 0.15) is 6.17 Å². The fourth-order valence-electron chi connectivity index (χ4n) is 1.88. The Labute approximate surface area is 67.6 Å². The summed E-state index contributed by atoms with van der Waals surface area (Å²) in [4.78, 5) is 2.47. The third-order valence-corrected chi connectivity index (χ3v) is 2.76. The summed E-state index contributed by atoms with van der Waals surface area (Å²) in [6, 6.07) is 0.834. The molecule has 0 radical (unpaired) electrons. The Morgan fingerprint density at radius 1 is 1.00 bits per heavy atom. The van der Waals surface area contributed by atoms with Crippen LogP contribution in [0.4, 0.5) is 4.39 Å². The van der Waals surface area contributed by atoms with E-state index >= 15 is 0 Å². The van der Waals surface area contributed by atoms with Crippen molar-refractivity contribution in [2.24, 2.45) is 0 Å². The maximum Gasteiger partial charge on any atom is 0.101 e. The summed E-state index contributed by atoms with van der Waals surface area (Å²) in [6.07, 6.45) is 4.84. The summed E-state index contributed by atoms with van der Waals surface area (Å²) < 4.78 is 12.9. The Morgan fingerprint density at radius 2 is 1.82 bits per heavy atom. The van der Waals surface area contributed by atoms with E-state index in [1.807, 2.05) is 0 Å². The van der Waals surface area contributed by atoms with Gasteiger partial charge in [0.2, 0.25) is 0 Å². The molecule has 1 nitrogen and oxygen atoms in total. The minimum Gasteiger partial charge on any atom is -0.300 e. The van der Waals surface area contributed by atoms with Crippen molar-refractivity contribution in [2.75, 3.05) is 13.1 Å². The Morgan fingerprint density at radius 3 is 2.55 bits per heavy atom. The third-order valence-electron chi connectivity index (χ3n) is 2.76. The van der Waals surface area contributed by atoms with E-state index in [4.69, 9.17) is 0 Å². The van der Waals surface area contributed by atoms with E-state index in [2.05, 4.69) is 4.90 Å². The lowest BCUT2D eigenvalue weighted by molar-refractivity contribution is 0.256. The molecule has 0 N–H and O–H groups in total. The highest BCUT2D eigenvalue weighted by atomic mass is 19.1. The second kappa shape index (κ2) is 3.10. The molecule has 0 spiro atoms. The molecule has 0 aromatic heterocycles. The van der Waals surface area contributed by atoms with Gasteiger partial charge in [-0.1, -0.05) is 0 Å². The van der Waals surface area contributed by atoms with Gasteiger partial charge in [-0.15, -0.1) is 0 Å². The summed E-state index contributed by atoms with van der Waals surface area (Å²) in [5.74, 6) is 0. The maximum atomic E-state index is 12.9. The highest BCUT2D eigenvalue weighted by Gasteiger charge is 2.30. The van der Waals surface area contributed by atoms with Gasteiger partial charge in [0.25, 0.3) is 0 Å². The molecule has 11 heavy (non-hydrogen) atoms. The average molecular weight is 157 g/mol. The quantitative estimate of drug-likeness (QED) is 0.562. The smallest absolute Gasteiger partial charge is 0.101 e. The Kier molecular flexibility index (Phi) is 2.12. The second-order valence-electron chi connectivity index (χ2n) is 3.80. The average Bonchev–Trinajstić information content (AvgIpc) is 2.73. The highest BCUT2D eigenvalue weighted by Crippen LogP contribution is 2.29. The number of rotatable bonds is 1. The van der Waals surface area contributed by atoms with Crippen LogP contribution in [0, 0.1) is 0 Å². The predicted octanol–water partition coefficient (Wildman–Crippen LogP) is 1.97. The van der Waals surface area contributed by atoms with Crippen molar-refractivity contribution < 1.29 is 4.39 Å². The molecule has 64 valence electrons. The van der Waals surface area contributed by atoms with Gasteiger partial charge >= 0.3 is 0 Å². The lowest BCUT2D eigenvalue weighted by Crippen LogP contribution is -2.27. The molecule has 2 aliphatic rings. The summed E-state index contributed by atoms with van der Waals surface area (Å²) in [6.45, 7) is 2.15. The molecule has 1 saturated heterocycles. The van der Waals surface area contributed by atoms with Crippen LogP contribution in [-0.2, 0) is 0 Å². The van der Waals surface area contributed by atoms with Gasteiger partial charge in [-0.3, -0.25) is 0 Å². The molecule has 1 saturated carbocycles. The van der Waals surface area contributed by atoms with E-state index in [9.17, 15) is 4.39 Å². The van der Waals surface area contributed by atoms with Crippen LogP contribution < -0.4 is 0 Å². The van der Waals surface area contributed by atoms with Crippen LogP contribution in [-0.4, -0.2) is 30.2 Å². The number of hydrogen-bond acceptors (Lipinski definition) is 1. The van der Waals surface area contributed by atoms with Crippen LogP contribution in [0.5, 0.6) is 0 Å². The first-order valence-corrected chi connectivity index (χ1v) is 4.74. The van der Waals surface area contributed by atoms with Gasteiger partial charge in [0.15, 0.2) is 0 Å². The molecular weight excluding hydrogens is 141 g/mol. The monoisotopic (exact) mass is 157 g/mol. The number of likely N-dealkylation sites (tertiary alicyclic amines) is 1. The van der Waals surface area contributed by atoms with Gasteiger partial charge in [-0.25, -0.2) is 4.39 Å². The SMILES string of the molecule is FC1CCCN(C2CC2)CC1. The van der Waals surface area contributed by atoms with Crippen molar-refractivity contribution in [3.63, 3.8) is 0 Å². The van der Waals surface area contributed by atoms with Crippen LogP contribution in [0.3, 0.4) is 0 Å². The van der Waals surface area contributed by atoms with Gasteiger partial charge in [0, 0.05) is 12.6 Å². The largest absolute Gasteiger partial charge is 0.300 e. The lowest BCUT2D eigenvalue weighted by Gasteiger charge is -2.18. The molecule has 2 heteroatoms. The maximum absolute atomic E-state index is 12.9. The number of hydrogen-bond donors (Lipinski definition) is 0. The zero-order valence-corrected chi connectivity index (χ0v) is 6.93. The fraction of sp³-hybridized carbons (Fsp3) is 1.00. The molecule has 0 amide bonds. The molecule has 0 aromatic carbocycles. The van der Waals surface area contributed by atoms with E-state index in [1.165, 1.54) is 12.8 Å². The third kappa shape index (κ3) is 1.92. The highest BCUT2D eigenvalue weighted by molar-refractivity contribution is 4.86. The van der Waals surface area contributed by atoms with Crippen LogP contribution >= 0.6 is 0 Å². The van der Waals surface area contributed by atoms with Crippen molar-refractivity contribution in [3.8, 4) is 0 Å². The number of halogens is 1. The predicted molar refractivity (Wildman–Crippen MR) is 43.3 cm³/mol. The molecule has 0 aromatic rings. The topological polar surface area (TPSA) is 3.24 Å². The van der Waals surface area contributed by atoms with Crippen molar-refractivity contribution in [1.82, 2.24) is 4.90 Å². The molecule has 1 aliphatic heterocycles. The van der Waals surface area contributed by atoms with Crippen molar-refractivity contribution >= 4 is 0 Å². The summed E-state index contributed by atoms with van der Waals surface area (Å²) in [5, 5.41) is 0. The first-order chi connectivity index (χ1) is 5.36. The molecule has 1 atom stereocenters. The van der Waals surface area contributed by atoms with Gasteiger partial charge in [-0.05, 0) is 38.6 Å². The van der Waals surface area contributed by atoms with E-state index in [0.29, 0.717) is 0 Å². The van der Waals surface area contributed by atoms with Crippen LogP contribution in [0.2, 0.25) is 0 Å². The van der Waals surface area contributed by atoms with Crippen molar-refractivity contribution in [2.45, 2.75) is 44.3 Å². The zero-order chi connectivity index (χ0) is 7.68. The van der Waals surface area contributed by atoms with Gasteiger partial charge in [0.05, 0.1) is 0 Å². The number of nitrogens with zero attached hydrogens (tertiary/aromatic N) is 1. The van der Waals surface area contributed by atoms with E-state index in [1.54, 1.807) is 0 Å². The minimum absolute atomic E-state index is 0.515. The Hall–Kier alpha value is -0.110. The molecule has 2 rings (SSSR count). The normalized spacial score (nSPS) is 35.2. The van der Waals surface area contributed by atoms with Crippen LogP contribution in [0.15, 0.2) is 0 Å². The second-order valence-corrected chi connectivity index (χ2v) is 3.80. The summed E-state index contributed by atoms with van der Waals surface area (Å²) in [7, 11) is 0.